The van der Waals surface area contributed by atoms with Crippen LogP contribution >= 0.6 is 68.8 Å². The molecule has 86 heavy (non-hydrogen) atoms. The highest BCUT2D eigenvalue weighted by Gasteiger charge is 2.34. The Morgan fingerprint density at radius 3 is 1.30 bits per heavy atom. The molecule has 3 aromatic carbocycles. The first-order valence-corrected chi connectivity index (χ1v) is 27.5. The van der Waals surface area contributed by atoms with Crippen molar-refractivity contribution in [3.05, 3.63) is 195 Å². The molecular formula is C55H36Cl3F9N10O6S3. The van der Waals surface area contributed by atoms with Crippen LogP contribution in [0.5, 0.6) is 17.2 Å². The Morgan fingerprint density at radius 1 is 0.570 bits per heavy atom. The lowest BCUT2D eigenvalue weighted by Gasteiger charge is -2.07. The Labute approximate surface area is 507 Å². The van der Waals surface area contributed by atoms with Crippen molar-refractivity contribution in [2.75, 3.05) is 0 Å². The zero-order valence-corrected chi connectivity index (χ0v) is 48.5. The minimum Gasteiger partial charge on any atom is -0.508 e. The minimum atomic E-state index is -4.49. The van der Waals surface area contributed by atoms with Crippen LogP contribution in [0.1, 0.15) is 59.9 Å². The molecule has 0 aliphatic heterocycles. The summed E-state index contributed by atoms with van der Waals surface area (Å²) in [6.07, 6.45) is -9.95. The average molecular weight is 1310 g/mol. The van der Waals surface area contributed by atoms with Gasteiger partial charge < -0.3 is 19.7 Å². The zero-order valence-electron chi connectivity index (χ0n) is 43.8. The van der Waals surface area contributed by atoms with Gasteiger partial charge in [-0.25, -0.2) is 19.7 Å². The number of aromatic amines is 1. The number of pyridine rings is 3. The fraction of sp³-hybridized carbons (Fsp3) is 0.164. The van der Waals surface area contributed by atoms with Gasteiger partial charge in [0.05, 0.1) is 64.5 Å². The molecule has 444 valence electrons. The van der Waals surface area contributed by atoms with Gasteiger partial charge >= 0.3 is 24.3 Å². The summed E-state index contributed by atoms with van der Waals surface area (Å²) in [4.78, 5) is 39.1. The van der Waals surface area contributed by atoms with E-state index in [2.05, 4.69) is 44.6 Å². The number of phenolic OH excluding ortho intramolecular Hbond substituents is 1. The molecule has 0 unspecified atom stereocenters. The molecule has 0 aliphatic rings. The van der Waals surface area contributed by atoms with Crippen molar-refractivity contribution in [2.24, 2.45) is 0 Å². The Kier molecular flexibility index (Phi) is 21.3. The van der Waals surface area contributed by atoms with E-state index in [9.17, 15) is 44.3 Å². The van der Waals surface area contributed by atoms with Gasteiger partial charge in [-0.3, -0.25) is 24.5 Å². The first kappa shape index (κ1) is 65.1. The predicted octanol–water partition coefficient (Wildman–Crippen LogP) is 15.7. The van der Waals surface area contributed by atoms with Gasteiger partial charge in [0.15, 0.2) is 5.82 Å². The van der Waals surface area contributed by atoms with Crippen LogP contribution in [0.25, 0.3) is 43.1 Å². The topological polar surface area (TPSA) is 243 Å². The third-order valence-electron chi connectivity index (χ3n) is 11.2. The average Bonchev–Trinajstić information content (AvgIpc) is 3.60. The zero-order chi connectivity index (χ0) is 62.7. The Hall–Kier alpha value is -8.48. The second-order valence-electron chi connectivity index (χ2n) is 17.2. The van der Waals surface area contributed by atoms with Gasteiger partial charge in [-0.15, -0.1) is 34.0 Å². The number of aliphatic hydroxyl groups excluding tert-OH is 1. The second-order valence-corrected chi connectivity index (χ2v) is 21.7. The highest BCUT2D eigenvalue weighted by atomic mass is 35.5. The van der Waals surface area contributed by atoms with Crippen LogP contribution in [0.3, 0.4) is 0 Å². The van der Waals surface area contributed by atoms with E-state index < -0.39 is 41.4 Å². The quantitative estimate of drug-likeness (QED) is 0.102. The van der Waals surface area contributed by atoms with Crippen molar-refractivity contribution in [2.45, 2.75) is 59.1 Å². The number of aromatic nitrogens is 8. The molecule has 7 aromatic heterocycles. The van der Waals surface area contributed by atoms with Gasteiger partial charge in [-0.1, -0.05) is 40.0 Å². The molecule has 10 rings (SSSR count). The van der Waals surface area contributed by atoms with Crippen molar-refractivity contribution < 1.29 is 63.7 Å². The summed E-state index contributed by atoms with van der Waals surface area (Å²) < 4.78 is 129. The van der Waals surface area contributed by atoms with Gasteiger partial charge in [0.2, 0.25) is 0 Å². The van der Waals surface area contributed by atoms with Crippen LogP contribution in [0.4, 0.5) is 39.5 Å². The molecule has 3 N–H and O–H groups in total. The molecule has 0 bridgehead atoms. The van der Waals surface area contributed by atoms with E-state index >= 15 is 0 Å². The molecule has 0 fully saturated rings. The van der Waals surface area contributed by atoms with E-state index in [0.29, 0.717) is 86.2 Å². The summed E-state index contributed by atoms with van der Waals surface area (Å²) in [7, 11) is 0. The van der Waals surface area contributed by atoms with Crippen LogP contribution in [0, 0.1) is 43.4 Å². The molecule has 0 spiro atoms. The van der Waals surface area contributed by atoms with Crippen LogP contribution in [0.15, 0.2) is 119 Å². The minimum absolute atomic E-state index is 0.0731. The summed E-state index contributed by atoms with van der Waals surface area (Å²) in [6, 6.07) is 24.5. The standard InChI is InChI=1S/C19H12ClF3N4O3S.C18H11ClF3N3OS.C11H9F3N2OS.C7H4ClNO/c1-9-14(31-17(25-9)10-2-5-15(24-7-10)19(21,22)23)8-29-11-3-4-12(13(20)6-11)16-26-18(28)30-27-16;1-10-15(9-26-13-4-2-11(7-23)14(19)6-13)27-17(25-10)12-3-5-16(24-8-12)18(20,21)22;1-6-8(5-17)18-10(16-6)7-2-3-9(15-4-7)11(12,13)14;8-7-3-6(10)2-1-5(7)4-9/h2-7H,8H2,1H3,(H,26,27,28);2-6,8H,9H2,1H3;2-4,17H,5H2,1H3;1-3,10H. The van der Waals surface area contributed by atoms with E-state index in [0.717, 1.165) is 52.2 Å². The number of benzene rings is 3. The number of hydrogen-bond acceptors (Lipinski definition) is 18. The lowest BCUT2D eigenvalue weighted by atomic mass is 10.2. The normalized spacial score (nSPS) is 11.2. The number of thiazole rings is 3. The van der Waals surface area contributed by atoms with Gasteiger partial charge in [-0.05, 0) is 106 Å². The fourth-order valence-electron chi connectivity index (χ4n) is 6.83. The molecule has 16 nitrogen and oxygen atoms in total. The number of aliphatic hydroxyl groups is 1. The molecule has 0 amide bonds. The van der Waals surface area contributed by atoms with Gasteiger partial charge in [-0.2, -0.15) is 50.0 Å². The number of rotatable bonds is 11. The number of H-pyrrole nitrogens is 1. The van der Waals surface area contributed by atoms with Crippen molar-refractivity contribution in [3.8, 4) is 72.5 Å². The third kappa shape index (κ3) is 17.3. The van der Waals surface area contributed by atoms with E-state index in [1.807, 2.05) is 12.1 Å². The fourth-order valence-corrected chi connectivity index (χ4v) is 10.4. The molecule has 0 atom stereocenters. The molecule has 0 saturated carbocycles. The highest BCUT2D eigenvalue weighted by Crippen LogP contribution is 2.36. The molecule has 31 heteroatoms. The Balaban J connectivity index is 0.000000175. The maximum Gasteiger partial charge on any atom is 0.439 e. The number of nitrogens with one attached hydrogen (secondary N) is 1. The number of nitriles is 2. The number of halogens is 12. The summed E-state index contributed by atoms with van der Waals surface area (Å²) in [6.45, 7) is 5.60. The molecule has 0 saturated heterocycles. The Bertz CT molecular complexity index is 4120. The van der Waals surface area contributed by atoms with E-state index in [1.165, 1.54) is 70.4 Å². The summed E-state index contributed by atoms with van der Waals surface area (Å²) in [5.41, 5.74) is 1.97. The summed E-state index contributed by atoms with van der Waals surface area (Å²) in [5, 5.41) is 41.3. The van der Waals surface area contributed by atoms with E-state index in [-0.39, 0.29) is 36.4 Å². The lowest BCUT2D eigenvalue weighted by Crippen LogP contribution is -2.07. The second kappa shape index (κ2) is 28.1. The van der Waals surface area contributed by atoms with Crippen molar-refractivity contribution in [1.82, 2.24) is 40.0 Å². The molecule has 0 aliphatic carbocycles. The summed E-state index contributed by atoms with van der Waals surface area (Å²) in [5.74, 6) is 0.569. The third-order valence-corrected chi connectivity index (χ3v) is 15.7. The van der Waals surface area contributed by atoms with Crippen LogP contribution in [-0.2, 0) is 38.3 Å². The number of aromatic hydroxyl groups is 1. The molecule has 7 heterocycles. The van der Waals surface area contributed by atoms with Gasteiger partial charge in [0.1, 0.15) is 74.7 Å². The predicted molar refractivity (Wildman–Crippen MR) is 301 cm³/mol. The van der Waals surface area contributed by atoms with E-state index in [4.69, 9.17) is 65.0 Å². The van der Waals surface area contributed by atoms with E-state index in [1.54, 1.807) is 57.2 Å². The maximum absolute atomic E-state index is 12.7. The van der Waals surface area contributed by atoms with Gasteiger partial charge in [0, 0.05) is 46.9 Å². The monoisotopic (exact) mass is 1300 g/mol. The van der Waals surface area contributed by atoms with Crippen LogP contribution in [-0.4, -0.2) is 50.3 Å². The first-order chi connectivity index (χ1) is 40.6. The molecular weight excluding hydrogens is 1270 g/mol. The summed E-state index contributed by atoms with van der Waals surface area (Å²) >= 11 is 21.6. The first-order valence-electron chi connectivity index (χ1n) is 23.9. The van der Waals surface area contributed by atoms with Crippen molar-refractivity contribution >= 4 is 68.8 Å². The number of phenols is 1. The number of nitrogens with zero attached hydrogens (tertiary/aromatic N) is 9. The SMILES string of the molecule is Cc1nc(-c2ccc(C(F)(F)F)nc2)sc1CO.Cc1nc(-c2ccc(C(F)(F)F)nc2)sc1COc1ccc(-c2noc(=O)[nH]2)c(Cl)c1.Cc1nc(-c2ccc(C(F)(F)F)nc2)sc1COc1ccc(C#N)c(Cl)c1.N#Cc1ccc(O)cc1Cl. The number of ether oxygens (including phenoxy) is 2. The maximum atomic E-state index is 12.7. The van der Waals surface area contributed by atoms with Crippen molar-refractivity contribution in [1.29, 1.82) is 10.5 Å². The van der Waals surface area contributed by atoms with Crippen LogP contribution in [0.2, 0.25) is 15.1 Å². The van der Waals surface area contributed by atoms with Crippen molar-refractivity contribution in [3.63, 3.8) is 0 Å². The number of hydrogen-bond donors (Lipinski definition) is 3. The smallest absolute Gasteiger partial charge is 0.439 e. The van der Waals surface area contributed by atoms with Crippen LogP contribution < -0.4 is 15.2 Å². The largest absolute Gasteiger partial charge is 0.508 e. The Morgan fingerprint density at radius 2 is 0.965 bits per heavy atom. The lowest BCUT2D eigenvalue weighted by molar-refractivity contribution is -0.141. The number of aryl methyl sites for hydroxylation is 3. The highest BCUT2D eigenvalue weighted by molar-refractivity contribution is 7.15. The molecule has 10 aromatic rings. The number of alkyl halides is 9. The molecule has 0 radical (unpaired) electrons. The van der Waals surface area contributed by atoms with Gasteiger partial charge in [0.25, 0.3) is 0 Å².